The molecule has 0 spiro atoms. The van der Waals surface area contributed by atoms with Gasteiger partial charge in [-0.2, -0.15) is 26.9 Å². The van der Waals surface area contributed by atoms with Gasteiger partial charge in [0.15, 0.2) is 6.61 Å². The van der Waals surface area contributed by atoms with Crippen LogP contribution >= 0.6 is 0 Å². The Morgan fingerprint density at radius 3 is 2.38 bits per heavy atom. The predicted molar refractivity (Wildman–Crippen MR) is 45.1 cm³/mol. The highest BCUT2D eigenvalue weighted by atomic mass is 32.2. The molecule has 0 aromatic carbocycles. The van der Waals surface area contributed by atoms with Crippen molar-refractivity contribution < 1.29 is 25.8 Å². The quantitative estimate of drug-likeness (QED) is 0.624. The zero-order chi connectivity index (χ0) is 12.7. The monoisotopic (exact) mass is 257 g/mol. The van der Waals surface area contributed by atoms with Gasteiger partial charge in [-0.3, -0.25) is 0 Å². The van der Waals surface area contributed by atoms with Gasteiger partial charge in [-0.05, 0) is 0 Å². The second-order valence-corrected chi connectivity index (χ2v) is 3.69. The van der Waals surface area contributed by atoms with Crippen molar-refractivity contribution >= 4 is 10.1 Å². The Kier molecular flexibility index (Phi) is 5.48. The van der Waals surface area contributed by atoms with E-state index in [0.29, 0.717) is 0 Å². The van der Waals surface area contributed by atoms with Crippen LogP contribution in [0.3, 0.4) is 0 Å². The molecule has 0 saturated heterocycles. The molecule has 1 rings (SSSR count). The largest absolute Gasteiger partial charge is 0.523 e. The minimum atomic E-state index is -5.58. The minimum Gasteiger partial charge on any atom is -0.351 e. The number of alkyl halides is 3. The van der Waals surface area contributed by atoms with Crippen LogP contribution in [0.25, 0.3) is 0 Å². The van der Waals surface area contributed by atoms with E-state index >= 15 is 0 Å². The molecule has 0 bridgehead atoms. The molecule has 1 heterocycles. The van der Waals surface area contributed by atoms with Crippen molar-refractivity contribution in [2.45, 2.75) is 5.51 Å². The number of hydrogen-bond donors (Lipinski definition) is 1. The normalized spacial score (nSPS) is 11.1. The highest BCUT2D eigenvalue weighted by molar-refractivity contribution is 7.87. The van der Waals surface area contributed by atoms with Crippen molar-refractivity contribution in [3.05, 3.63) is 18.7 Å². The summed E-state index contributed by atoms with van der Waals surface area (Å²) < 4.78 is 57.1. The van der Waals surface area contributed by atoms with Crippen LogP contribution in [0.1, 0.15) is 0 Å². The molecule has 0 aliphatic carbocycles. The van der Waals surface area contributed by atoms with Crippen LogP contribution in [-0.2, 0) is 14.3 Å². The van der Waals surface area contributed by atoms with E-state index in [9.17, 15) is 21.6 Å². The minimum absolute atomic E-state index is 1.09. The van der Waals surface area contributed by atoms with Gasteiger partial charge in [0.05, 0.1) is 12.4 Å². The average Bonchev–Trinajstić information content (AvgIpc) is 2.70. The number of hydrogen-bond acceptors (Lipinski definition) is 5. The van der Waals surface area contributed by atoms with Crippen LogP contribution in [0.15, 0.2) is 18.7 Å². The summed E-state index contributed by atoms with van der Waals surface area (Å²) in [5, 5.41) is 7.69. The fourth-order valence-electron chi connectivity index (χ4n) is 0.386. The smallest absolute Gasteiger partial charge is 0.351 e. The number of halogens is 3. The zero-order valence-electron chi connectivity index (χ0n) is 7.60. The molecule has 0 fully saturated rings. The number of nitriles is 1. The predicted octanol–water partition coefficient (Wildman–Crippen LogP) is 0.786. The van der Waals surface area contributed by atoms with E-state index in [1.54, 1.807) is 18.7 Å². The van der Waals surface area contributed by atoms with Gasteiger partial charge >= 0.3 is 15.6 Å². The number of aromatic amines is 1. The maximum atomic E-state index is 11.3. The highest BCUT2D eigenvalue weighted by Crippen LogP contribution is 2.24. The first kappa shape index (κ1) is 14.4. The van der Waals surface area contributed by atoms with Crippen molar-refractivity contribution in [1.29, 1.82) is 5.26 Å². The number of rotatable bonds is 2. The van der Waals surface area contributed by atoms with Crippen molar-refractivity contribution in [3.63, 3.8) is 0 Å². The lowest BCUT2D eigenvalue weighted by atomic mass is 10.9. The molecule has 0 radical (unpaired) electrons. The van der Waals surface area contributed by atoms with Crippen molar-refractivity contribution in [2.24, 2.45) is 0 Å². The summed E-state index contributed by atoms with van der Waals surface area (Å²) in [6, 6.07) is 1.09. The Hall–Kier alpha value is -1.60. The van der Waals surface area contributed by atoms with Crippen LogP contribution in [0.4, 0.5) is 13.2 Å². The Bertz CT molecular complexity index is 403. The summed E-state index contributed by atoms with van der Waals surface area (Å²) in [5.41, 5.74) is -5.45. The second-order valence-electron chi connectivity index (χ2n) is 2.08. The van der Waals surface area contributed by atoms with Crippen molar-refractivity contribution in [2.75, 3.05) is 6.61 Å². The van der Waals surface area contributed by atoms with Gasteiger partial charge in [0.1, 0.15) is 0 Å². The van der Waals surface area contributed by atoms with Crippen LogP contribution < -0.4 is 0 Å². The summed E-state index contributed by atoms with van der Waals surface area (Å²) in [5.74, 6) is 0. The molecule has 0 aliphatic heterocycles. The fraction of sp³-hybridized carbons (Fsp3) is 0.333. The third-order valence-corrected chi connectivity index (χ3v) is 1.96. The van der Waals surface area contributed by atoms with E-state index in [4.69, 9.17) is 5.26 Å². The van der Waals surface area contributed by atoms with E-state index in [1.807, 2.05) is 0 Å². The number of imidazole rings is 1. The van der Waals surface area contributed by atoms with Gasteiger partial charge in [0.2, 0.25) is 0 Å². The van der Waals surface area contributed by atoms with Gasteiger partial charge in [0.25, 0.3) is 0 Å². The SMILES string of the molecule is N#CCOS(=O)(=O)C(F)(F)F.c1c[nH]cn1. The maximum Gasteiger partial charge on any atom is 0.523 e. The lowest BCUT2D eigenvalue weighted by Crippen LogP contribution is -2.25. The van der Waals surface area contributed by atoms with E-state index in [-0.39, 0.29) is 0 Å². The molecule has 0 unspecified atom stereocenters. The molecule has 16 heavy (non-hydrogen) atoms. The number of nitrogens with zero attached hydrogens (tertiary/aromatic N) is 2. The number of nitrogens with one attached hydrogen (secondary N) is 1. The molecular formula is C6H6F3N3O3S. The fourth-order valence-corrected chi connectivity index (χ4v) is 0.727. The summed E-state index contributed by atoms with van der Waals surface area (Å²) in [6.07, 6.45) is 5.08. The lowest BCUT2D eigenvalue weighted by molar-refractivity contribution is -0.0534. The van der Waals surface area contributed by atoms with E-state index < -0.39 is 22.2 Å². The van der Waals surface area contributed by atoms with Gasteiger partial charge in [0, 0.05) is 12.4 Å². The topological polar surface area (TPSA) is 95.8 Å². The molecule has 90 valence electrons. The summed E-state index contributed by atoms with van der Waals surface area (Å²) in [7, 11) is -5.58. The maximum absolute atomic E-state index is 11.3. The molecule has 0 aliphatic rings. The van der Waals surface area contributed by atoms with Crippen LogP contribution in [-0.4, -0.2) is 30.5 Å². The first-order valence-corrected chi connectivity index (χ1v) is 4.97. The van der Waals surface area contributed by atoms with Crippen LogP contribution in [0, 0.1) is 11.3 Å². The first-order valence-electron chi connectivity index (χ1n) is 3.56. The molecule has 0 amide bonds. The Labute approximate surface area is 88.8 Å². The first-order chi connectivity index (χ1) is 7.31. The summed E-state index contributed by atoms with van der Waals surface area (Å²) >= 11 is 0. The van der Waals surface area contributed by atoms with E-state index in [2.05, 4.69) is 14.2 Å². The summed E-state index contributed by atoms with van der Waals surface area (Å²) in [4.78, 5) is 6.42. The van der Waals surface area contributed by atoms with Crippen LogP contribution in [0.2, 0.25) is 0 Å². The third kappa shape index (κ3) is 5.32. The zero-order valence-corrected chi connectivity index (χ0v) is 8.42. The molecule has 6 nitrogen and oxygen atoms in total. The molecule has 10 heteroatoms. The number of aromatic nitrogens is 2. The lowest BCUT2D eigenvalue weighted by Gasteiger charge is -2.04. The van der Waals surface area contributed by atoms with Gasteiger partial charge in [-0.15, -0.1) is 0 Å². The second kappa shape index (κ2) is 6.09. The molecule has 0 atom stereocenters. The molecule has 1 aromatic rings. The molecule has 1 aromatic heterocycles. The molecule has 0 saturated carbocycles. The average molecular weight is 257 g/mol. The van der Waals surface area contributed by atoms with E-state index in [0.717, 1.165) is 6.07 Å². The Morgan fingerprint density at radius 1 is 1.50 bits per heavy atom. The summed E-state index contributed by atoms with van der Waals surface area (Å²) in [6.45, 7) is -1.14. The van der Waals surface area contributed by atoms with E-state index in [1.165, 1.54) is 0 Å². The van der Waals surface area contributed by atoms with Gasteiger partial charge in [-0.25, -0.2) is 9.17 Å². The standard InChI is InChI=1S/C3H2F3NO3S.C3H4N2/c4-3(5,6)11(8,9)10-2-1-7;1-2-5-3-4-1/h2H2;1-3H,(H,4,5). The van der Waals surface area contributed by atoms with Crippen LogP contribution in [0.5, 0.6) is 0 Å². The van der Waals surface area contributed by atoms with Gasteiger partial charge in [-0.1, -0.05) is 0 Å². The van der Waals surface area contributed by atoms with Crippen molar-refractivity contribution in [3.8, 4) is 6.07 Å². The Balaban J connectivity index is 0.000000368. The highest BCUT2D eigenvalue weighted by Gasteiger charge is 2.47. The number of H-pyrrole nitrogens is 1. The van der Waals surface area contributed by atoms with Gasteiger partial charge < -0.3 is 4.98 Å². The molecular weight excluding hydrogens is 251 g/mol. The molecule has 1 N–H and O–H groups in total. The Morgan fingerprint density at radius 2 is 2.12 bits per heavy atom. The van der Waals surface area contributed by atoms with Crippen molar-refractivity contribution in [1.82, 2.24) is 9.97 Å². The third-order valence-electron chi connectivity index (χ3n) is 0.968.